The van der Waals surface area contributed by atoms with Gasteiger partial charge in [0.2, 0.25) is 0 Å². The van der Waals surface area contributed by atoms with Crippen LogP contribution in [0.4, 0.5) is 5.69 Å². The summed E-state index contributed by atoms with van der Waals surface area (Å²) >= 11 is -3.36. The van der Waals surface area contributed by atoms with Crippen molar-refractivity contribution in [2.45, 2.75) is 20.0 Å². The van der Waals surface area contributed by atoms with Crippen molar-refractivity contribution < 1.29 is 21.6 Å². The minimum atomic E-state index is -3.36. The van der Waals surface area contributed by atoms with Crippen LogP contribution in [0.25, 0.3) is 0 Å². The van der Waals surface area contributed by atoms with E-state index in [1.54, 1.807) is 10.7 Å². The van der Waals surface area contributed by atoms with E-state index >= 15 is 0 Å². The van der Waals surface area contributed by atoms with E-state index in [1.807, 2.05) is 37.7 Å². The monoisotopic (exact) mass is 463 g/mol. The molecule has 0 amide bonds. The van der Waals surface area contributed by atoms with Crippen molar-refractivity contribution in [3.8, 4) is 5.75 Å². The zero-order chi connectivity index (χ0) is 18.1. The molecule has 0 atom stereocenters. The first-order valence-corrected chi connectivity index (χ1v) is 13.7. The van der Waals surface area contributed by atoms with Crippen LogP contribution in [-0.2, 0) is 11.9 Å². The summed E-state index contributed by atoms with van der Waals surface area (Å²) in [6.07, 6.45) is -0.0615. The number of rotatable bonds is 4. The van der Waals surface area contributed by atoms with Gasteiger partial charge in [-0.3, -0.25) is 0 Å². The number of likely N-dealkylation sites (N-methyl/N-ethyl adjacent to an activating group) is 2. The predicted octanol–water partition coefficient (Wildman–Crippen LogP) is 2.96. The van der Waals surface area contributed by atoms with E-state index in [0.717, 1.165) is 17.4 Å². The molecule has 1 aliphatic rings. The summed E-state index contributed by atoms with van der Waals surface area (Å²) in [6.45, 7) is 5.50. The van der Waals surface area contributed by atoms with Crippen molar-refractivity contribution in [2.75, 3.05) is 27.2 Å². The van der Waals surface area contributed by atoms with Crippen molar-refractivity contribution >= 4 is 34.0 Å². The van der Waals surface area contributed by atoms with E-state index in [0.29, 0.717) is 11.3 Å². The van der Waals surface area contributed by atoms with Crippen LogP contribution in [0.2, 0.25) is 0 Å². The fraction of sp³-hybridized carbons (Fsp3) is 0.467. The topological polar surface area (TPSA) is 58.9 Å². The van der Waals surface area contributed by atoms with Gasteiger partial charge in [-0.25, -0.2) is 0 Å². The molecule has 1 aromatic rings. The van der Waals surface area contributed by atoms with Crippen molar-refractivity contribution in [1.82, 2.24) is 9.80 Å². The fourth-order valence-electron chi connectivity index (χ4n) is 2.40. The van der Waals surface area contributed by atoms with E-state index in [9.17, 15) is 10.1 Å². The first kappa shape index (κ1) is 19.6. The molecule has 6 nitrogen and oxygen atoms in total. The van der Waals surface area contributed by atoms with Crippen molar-refractivity contribution in [3.63, 3.8) is 0 Å². The molecule has 0 saturated carbocycles. The van der Waals surface area contributed by atoms with Crippen LogP contribution in [-0.4, -0.2) is 57.0 Å². The second kappa shape index (κ2) is 7.67. The van der Waals surface area contributed by atoms with Gasteiger partial charge >= 0.3 is 152 Å². The van der Waals surface area contributed by atoms with E-state index in [4.69, 9.17) is 24.1 Å². The van der Waals surface area contributed by atoms with Crippen LogP contribution >= 0.6 is 19.4 Å². The summed E-state index contributed by atoms with van der Waals surface area (Å²) in [5.74, 6) is 0.547. The number of hydrogen-bond acceptors (Lipinski definition) is 5. The van der Waals surface area contributed by atoms with Gasteiger partial charge in [0.25, 0.3) is 0 Å². The molecule has 0 unspecified atom stereocenters. The van der Waals surface area contributed by atoms with Gasteiger partial charge in [-0.2, -0.15) is 0 Å². The average molecular weight is 463 g/mol. The zero-order valence-electron chi connectivity index (χ0n) is 14.0. The van der Waals surface area contributed by atoms with Crippen LogP contribution in [0.1, 0.15) is 19.4 Å². The molecule has 1 heterocycles. The quantitative estimate of drug-likeness (QED) is 0.391. The molecule has 24 heavy (non-hydrogen) atoms. The van der Waals surface area contributed by atoms with E-state index in [2.05, 4.69) is 0 Å². The minimum absolute atomic E-state index is 0.0148. The summed E-state index contributed by atoms with van der Waals surface area (Å²) in [7, 11) is 17.4. The molecule has 0 N–H and O–H groups in total. The molecular formula is C15H21Cl2N3O3Ru-4. The van der Waals surface area contributed by atoms with Crippen LogP contribution in [0.5, 0.6) is 5.75 Å². The van der Waals surface area contributed by atoms with Crippen LogP contribution in [0.3, 0.4) is 0 Å². The Morgan fingerprint density at radius 3 is 2.38 bits per heavy atom. The number of non-ortho nitro benzene ring substituents is 1. The molecule has 1 saturated heterocycles. The zero-order valence-corrected chi connectivity index (χ0v) is 17.2. The third kappa shape index (κ3) is 4.47. The third-order valence-corrected chi connectivity index (χ3v) is 9.26. The SMILES string of the molecule is CC(C)Oc1ccc([N+](=O)[O-])cc1[CH]=[Ru-4]([Cl])([Cl])=[C]1N(C)CCN1C. The molecule has 1 aliphatic heterocycles. The van der Waals surface area contributed by atoms with Gasteiger partial charge in [0.1, 0.15) is 0 Å². The third-order valence-electron chi connectivity index (χ3n) is 3.40. The standard InChI is InChI=1S/C10H11NO3.C5H10N2.2ClH.Ru/c1-7(2)14-10-5-4-9(11(12)13)6-8(10)3;1-6-3-4-7(2)5-6;;;/h3-7H,1-2H3;3-4H2,1-2H3;2*1H;/q;;;;-2/p-2. The number of benzene rings is 1. The van der Waals surface area contributed by atoms with Gasteiger partial charge < -0.3 is 0 Å². The van der Waals surface area contributed by atoms with Crippen molar-refractivity contribution in [1.29, 1.82) is 0 Å². The van der Waals surface area contributed by atoms with Crippen LogP contribution < -0.4 is 4.74 Å². The molecule has 1 fully saturated rings. The maximum absolute atomic E-state index is 11.1. The Kier molecular flexibility index (Phi) is 6.26. The van der Waals surface area contributed by atoms with Gasteiger partial charge in [-0.15, -0.1) is 0 Å². The molecule has 0 bridgehead atoms. The number of hydrogen-bond donors (Lipinski definition) is 0. The molecular weight excluding hydrogens is 442 g/mol. The number of ether oxygens (including phenoxy) is 1. The van der Waals surface area contributed by atoms with E-state index in [1.165, 1.54) is 12.1 Å². The van der Waals surface area contributed by atoms with Gasteiger partial charge in [-0.1, -0.05) is 0 Å². The molecule has 0 radical (unpaired) electrons. The van der Waals surface area contributed by atoms with Gasteiger partial charge in [0.15, 0.2) is 0 Å². The van der Waals surface area contributed by atoms with Gasteiger partial charge in [0, 0.05) is 0 Å². The van der Waals surface area contributed by atoms with Crippen LogP contribution in [0, 0.1) is 10.1 Å². The molecule has 9 heteroatoms. The number of nitro groups is 1. The first-order chi connectivity index (χ1) is 11.1. The Morgan fingerprint density at radius 1 is 1.29 bits per heavy atom. The molecule has 2 rings (SSSR count). The number of nitro benzene ring substituents is 1. The molecule has 140 valence electrons. The van der Waals surface area contributed by atoms with Crippen molar-refractivity contribution in [2.24, 2.45) is 0 Å². The van der Waals surface area contributed by atoms with E-state index in [-0.39, 0.29) is 11.8 Å². The van der Waals surface area contributed by atoms with E-state index < -0.39 is 16.8 Å². The molecule has 0 aliphatic carbocycles. The van der Waals surface area contributed by atoms with Gasteiger partial charge in [0.05, 0.1) is 0 Å². The second-order valence-corrected chi connectivity index (χ2v) is 15.0. The second-order valence-electron chi connectivity index (χ2n) is 5.79. The molecule has 0 aromatic heterocycles. The van der Waals surface area contributed by atoms with Crippen molar-refractivity contribution in [3.05, 3.63) is 33.9 Å². The van der Waals surface area contributed by atoms with Crippen LogP contribution in [0.15, 0.2) is 18.2 Å². The van der Waals surface area contributed by atoms with Gasteiger partial charge in [-0.05, 0) is 0 Å². The predicted molar refractivity (Wildman–Crippen MR) is 96.0 cm³/mol. The Balaban J connectivity index is 2.67. The summed E-state index contributed by atoms with van der Waals surface area (Å²) in [4.78, 5) is 14.7. The Hall–Kier alpha value is -0.717. The fourth-order valence-corrected chi connectivity index (χ4v) is 9.26. The molecule has 0 spiro atoms. The number of halogens is 2. The maximum atomic E-state index is 11.1. The Labute approximate surface area is 152 Å². The summed E-state index contributed by atoms with van der Waals surface area (Å²) in [6, 6.07) is 4.48. The summed E-state index contributed by atoms with van der Waals surface area (Å²) < 4.78 is 8.42. The average Bonchev–Trinajstić information content (AvgIpc) is 2.79. The summed E-state index contributed by atoms with van der Waals surface area (Å²) in [5.41, 5.74) is 0.551. The Bertz CT molecular complexity index is 753. The Morgan fingerprint density at radius 2 is 1.88 bits per heavy atom. The first-order valence-electron chi connectivity index (χ1n) is 7.33. The molecule has 1 aromatic carbocycles. The summed E-state index contributed by atoms with van der Waals surface area (Å²) in [5, 5.41) is 11.1. The normalized spacial score (nSPS) is 17.4. The number of nitrogens with zero attached hydrogens (tertiary/aromatic N) is 3.